The van der Waals surface area contributed by atoms with E-state index in [1.807, 2.05) is 38.1 Å². The zero-order chi connectivity index (χ0) is 26.0. The molecule has 0 aliphatic heterocycles. The minimum absolute atomic E-state index is 0.0747. The smallest absolute Gasteiger partial charge is 0.350 e. The van der Waals surface area contributed by atoms with Crippen LogP contribution >= 0.6 is 0 Å². The Balaban J connectivity index is 1.41. The lowest BCUT2D eigenvalue weighted by molar-refractivity contribution is -0.635. The summed E-state index contributed by atoms with van der Waals surface area (Å²) < 4.78 is 6.63. The monoisotopic (exact) mass is 489 g/mol. The molecule has 4 rings (SSSR count). The summed E-state index contributed by atoms with van der Waals surface area (Å²) in [6.45, 7) is 7.65. The summed E-state index contributed by atoms with van der Waals surface area (Å²) in [7, 11) is 1.63. The van der Waals surface area contributed by atoms with Crippen molar-refractivity contribution in [2.75, 3.05) is 19.0 Å². The Labute approximate surface area is 209 Å². The molecule has 0 aliphatic rings. The van der Waals surface area contributed by atoms with Gasteiger partial charge in [0, 0.05) is 49.3 Å². The molecule has 0 saturated carbocycles. The summed E-state index contributed by atoms with van der Waals surface area (Å²) in [5.74, 6) is 0.186. The molecule has 0 spiro atoms. The number of methoxy groups -OCH3 is 1. The van der Waals surface area contributed by atoms with Crippen LogP contribution in [0, 0.1) is 31.2 Å². The van der Waals surface area contributed by atoms with Crippen molar-refractivity contribution in [2.45, 2.75) is 46.6 Å². The van der Waals surface area contributed by atoms with Gasteiger partial charge in [0.2, 0.25) is 0 Å². The van der Waals surface area contributed by atoms with Crippen molar-refractivity contribution in [1.82, 2.24) is 10.3 Å². The molecule has 2 aromatic carbocycles. The number of benzene rings is 2. The molecule has 1 atom stereocenters. The molecule has 0 aliphatic carbocycles. The van der Waals surface area contributed by atoms with Gasteiger partial charge in [-0.25, -0.2) is 0 Å². The molecule has 9 nitrogen and oxygen atoms in total. The quantitative estimate of drug-likeness (QED) is 0.222. The van der Waals surface area contributed by atoms with Crippen LogP contribution in [0.2, 0.25) is 0 Å². The maximum atomic E-state index is 13.0. The van der Waals surface area contributed by atoms with Gasteiger partial charge >= 0.3 is 11.6 Å². The standard InChI is InChI=1S/C27H31N5O4/c1-16-12-23-24(13-17(16)2)32(35)26(19(4)31(23)34)27(33)29-11-6-8-18(3)30-22-15-21(36-5)14-20-9-7-10-28-25(20)22/h7,9-10,12-15,18,30H,6,8,11H2,1-5H3,(H,29,33). The fraction of sp³-hybridized carbons (Fsp3) is 0.333. The second-order valence-electron chi connectivity index (χ2n) is 9.14. The third-order valence-electron chi connectivity index (χ3n) is 6.51. The van der Waals surface area contributed by atoms with Gasteiger partial charge in [0.15, 0.2) is 0 Å². The highest BCUT2D eigenvalue weighted by molar-refractivity contribution is 5.93. The van der Waals surface area contributed by atoms with Crippen molar-refractivity contribution in [1.29, 1.82) is 0 Å². The molecular formula is C27H31N5O4. The number of aromatic nitrogens is 3. The van der Waals surface area contributed by atoms with Gasteiger partial charge in [0.05, 0.1) is 18.3 Å². The number of fused-ring (bicyclic) bond motifs is 2. The fourth-order valence-corrected chi connectivity index (χ4v) is 4.34. The van der Waals surface area contributed by atoms with Crippen LogP contribution in [0.1, 0.15) is 47.1 Å². The molecule has 36 heavy (non-hydrogen) atoms. The molecule has 2 heterocycles. The minimum Gasteiger partial charge on any atom is -0.618 e. The number of carbonyl (C=O) groups excluding carboxylic acids is 1. The van der Waals surface area contributed by atoms with E-state index < -0.39 is 5.91 Å². The van der Waals surface area contributed by atoms with E-state index in [2.05, 4.69) is 22.5 Å². The molecule has 0 fully saturated rings. The highest BCUT2D eigenvalue weighted by atomic mass is 16.5. The predicted molar refractivity (Wildman–Crippen MR) is 139 cm³/mol. The lowest BCUT2D eigenvalue weighted by Crippen LogP contribution is -2.49. The number of hydrogen-bond acceptors (Lipinski definition) is 6. The largest absolute Gasteiger partial charge is 0.618 e. The summed E-state index contributed by atoms with van der Waals surface area (Å²) in [5, 5.41) is 33.0. The van der Waals surface area contributed by atoms with E-state index in [1.54, 1.807) is 25.4 Å². The second kappa shape index (κ2) is 10.2. The van der Waals surface area contributed by atoms with Crippen molar-refractivity contribution < 1.29 is 19.0 Å². The molecule has 1 unspecified atom stereocenters. The van der Waals surface area contributed by atoms with Crippen molar-refractivity contribution >= 4 is 33.5 Å². The van der Waals surface area contributed by atoms with Crippen molar-refractivity contribution in [2.24, 2.45) is 0 Å². The Bertz CT molecular complexity index is 1450. The highest BCUT2D eigenvalue weighted by Crippen LogP contribution is 2.28. The molecule has 9 heteroatoms. The molecule has 0 radical (unpaired) electrons. The Morgan fingerprint density at radius 3 is 2.47 bits per heavy atom. The molecule has 2 N–H and O–H groups in total. The number of anilines is 1. The van der Waals surface area contributed by atoms with E-state index >= 15 is 0 Å². The molecule has 1 amide bonds. The molecule has 4 aromatic rings. The fourth-order valence-electron chi connectivity index (χ4n) is 4.34. The summed E-state index contributed by atoms with van der Waals surface area (Å²) in [6.07, 6.45) is 3.20. The molecule has 0 saturated heterocycles. The van der Waals surface area contributed by atoms with Gasteiger partial charge in [-0.3, -0.25) is 9.78 Å². The number of nitrogens with zero attached hydrogens (tertiary/aromatic N) is 3. The van der Waals surface area contributed by atoms with Crippen LogP contribution < -0.4 is 24.8 Å². The molecular weight excluding hydrogens is 458 g/mol. The minimum atomic E-state index is -0.559. The van der Waals surface area contributed by atoms with Gasteiger partial charge in [-0.1, -0.05) is 6.07 Å². The lowest BCUT2D eigenvalue weighted by Gasteiger charge is -2.17. The summed E-state index contributed by atoms with van der Waals surface area (Å²) >= 11 is 0. The number of pyridine rings is 1. The summed E-state index contributed by atoms with van der Waals surface area (Å²) in [4.78, 5) is 17.3. The second-order valence-corrected chi connectivity index (χ2v) is 9.14. The average Bonchev–Trinajstić information content (AvgIpc) is 2.86. The molecule has 188 valence electrons. The van der Waals surface area contributed by atoms with Gasteiger partial charge in [0.25, 0.3) is 16.7 Å². The first kappa shape index (κ1) is 25.0. The van der Waals surface area contributed by atoms with E-state index in [9.17, 15) is 15.2 Å². The van der Waals surface area contributed by atoms with Crippen LogP contribution in [-0.4, -0.2) is 30.6 Å². The maximum Gasteiger partial charge on any atom is 0.350 e. The number of rotatable bonds is 8. The third-order valence-corrected chi connectivity index (χ3v) is 6.51. The topological polar surface area (TPSA) is 117 Å². The Morgan fingerprint density at radius 2 is 1.78 bits per heavy atom. The maximum absolute atomic E-state index is 13.0. The van der Waals surface area contributed by atoms with Crippen LogP contribution in [-0.2, 0) is 0 Å². The zero-order valence-electron chi connectivity index (χ0n) is 21.2. The van der Waals surface area contributed by atoms with Gasteiger partial charge in [-0.15, -0.1) is 4.73 Å². The Morgan fingerprint density at radius 1 is 1.08 bits per heavy atom. The van der Waals surface area contributed by atoms with Gasteiger partial charge in [0.1, 0.15) is 5.75 Å². The van der Waals surface area contributed by atoms with Crippen LogP contribution in [0.3, 0.4) is 0 Å². The first-order valence-electron chi connectivity index (χ1n) is 12.0. The number of hydrogen-bond donors (Lipinski definition) is 2. The van der Waals surface area contributed by atoms with E-state index in [0.717, 1.165) is 39.9 Å². The zero-order valence-corrected chi connectivity index (χ0v) is 21.2. The lowest BCUT2D eigenvalue weighted by atomic mass is 10.1. The van der Waals surface area contributed by atoms with Gasteiger partial charge in [-0.05, 0) is 56.9 Å². The first-order valence-corrected chi connectivity index (χ1v) is 12.0. The first-order chi connectivity index (χ1) is 17.2. The number of amides is 1. The normalized spacial score (nSPS) is 12.0. The third kappa shape index (κ3) is 4.82. The van der Waals surface area contributed by atoms with Gasteiger partial charge in [-0.2, -0.15) is 4.73 Å². The molecule has 0 bridgehead atoms. The van der Waals surface area contributed by atoms with Crippen LogP contribution in [0.5, 0.6) is 5.75 Å². The van der Waals surface area contributed by atoms with E-state index in [-0.39, 0.29) is 28.5 Å². The van der Waals surface area contributed by atoms with Crippen molar-refractivity contribution in [3.05, 3.63) is 75.5 Å². The summed E-state index contributed by atoms with van der Waals surface area (Å²) in [5.41, 5.74) is 3.86. The highest BCUT2D eigenvalue weighted by Gasteiger charge is 2.31. The Kier molecular flexibility index (Phi) is 7.10. The number of ether oxygens (including phenoxy) is 1. The SMILES string of the molecule is COc1cc(NC(C)CCCNC(=O)c2c(C)[n+]([O-])c3cc(C)c(C)cc3[n+]2[O-])c2ncccc2c1. The van der Waals surface area contributed by atoms with Crippen LogP contribution in [0.25, 0.3) is 21.9 Å². The van der Waals surface area contributed by atoms with E-state index in [1.165, 1.54) is 6.92 Å². The van der Waals surface area contributed by atoms with Gasteiger partial charge < -0.3 is 25.8 Å². The predicted octanol–water partition coefficient (Wildman–Crippen LogP) is 3.60. The van der Waals surface area contributed by atoms with Crippen molar-refractivity contribution in [3.8, 4) is 5.75 Å². The Hall–Kier alpha value is -4.14. The number of nitrogens with one attached hydrogen (secondary N) is 2. The van der Waals surface area contributed by atoms with E-state index in [0.29, 0.717) is 22.4 Å². The average molecular weight is 490 g/mol. The number of carbonyl (C=O) groups is 1. The molecule has 2 aromatic heterocycles. The van der Waals surface area contributed by atoms with Crippen LogP contribution in [0.4, 0.5) is 5.69 Å². The van der Waals surface area contributed by atoms with Crippen LogP contribution in [0.15, 0.2) is 42.6 Å². The van der Waals surface area contributed by atoms with E-state index in [4.69, 9.17) is 4.74 Å². The summed E-state index contributed by atoms with van der Waals surface area (Å²) in [6, 6.07) is 11.2. The van der Waals surface area contributed by atoms with Crippen molar-refractivity contribution in [3.63, 3.8) is 0 Å². The number of aryl methyl sites for hydroxylation is 2.